The first-order valence-corrected chi connectivity index (χ1v) is 8.02. The molecular weight excluding hydrogens is 329 g/mol. The molecule has 0 fully saturated rings. The molecule has 120 valence electrons. The van der Waals surface area contributed by atoms with Crippen LogP contribution in [0.3, 0.4) is 0 Å². The second-order valence-corrected chi connectivity index (χ2v) is 6.41. The van der Waals surface area contributed by atoms with Crippen LogP contribution in [0.25, 0.3) is 22.6 Å². The first-order chi connectivity index (χ1) is 10.9. The van der Waals surface area contributed by atoms with E-state index in [1.54, 1.807) is 13.0 Å². The lowest BCUT2D eigenvalue weighted by Crippen LogP contribution is -2.06. The highest BCUT2D eigenvalue weighted by molar-refractivity contribution is 7.91. The van der Waals surface area contributed by atoms with E-state index in [9.17, 15) is 17.7 Å². The van der Waals surface area contributed by atoms with Crippen LogP contribution in [0.15, 0.2) is 46.0 Å². The summed E-state index contributed by atoms with van der Waals surface area (Å²) in [6.45, 7) is 1.76. The molecule has 2 heterocycles. The minimum absolute atomic E-state index is 0.0971. The molecule has 4 nitrogen and oxygen atoms in total. The lowest BCUT2D eigenvalue weighted by atomic mass is 10.2. The summed E-state index contributed by atoms with van der Waals surface area (Å²) >= 11 is -1.29. The van der Waals surface area contributed by atoms with E-state index >= 15 is 0 Å². The van der Waals surface area contributed by atoms with Gasteiger partial charge in [-0.3, -0.25) is 4.98 Å². The van der Waals surface area contributed by atoms with Crippen molar-refractivity contribution in [2.75, 3.05) is 5.75 Å². The number of hydrogen-bond acceptors (Lipinski definition) is 4. The van der Waals surface area contributed by atoms with Crippen LogP contribution in [-0.4, -0.2) is 20.3 Å². The van der Waals surface area contributed by atoms with Crippen molar-refractivity contribution in [3.63, 3.8) is 0 Å². The van der Waals surface area contributed by atoms with Crippen molar-refractivity contribution >= 4 is 22.3 Å². The van der Waals surface area contributed by atoms with Gasteiger partial charge in [-0.05, 0) is 42.4 Å². The third kappa shape index (κ3) is 3.04. The SMILES string of the molecule is CC[S+]([O-])c1cnccc1-c1nc2cc(C(F)(F)F)ccc2o1. The topological polar surface area (TPSA) is 62.0 Å². The van der Waals surface area contributed by atoms with Crippen molar-refractivity contribution in [1.29, 1.82) is 0 Å². The number of nitrogens with zero attached hydrogens (tertiary/aromatic N) is 2. The van der Waals surface area contributed by atoms with E-state index in [-0.39, 0.29) is 17.0 Å². The van der Waals surface area contributed by atoms with Crippen LogP contribution in [-0.2, 0) is 17.4 Å². The van der Waals surface area contributed by atoms with Crippen molar-refractivity contribution in [2.24, 2.45) is 0 Å². The van der Waals surface area contributed by atoms with Gasteiger partial charge < -0.3 is 8.97 Å². The van der Waals surface area contributed by atoms with Crippen molar-refractivity contribution < 1.29 is 22.1 Å². The van der Waals surface area contributed by atoms with E-state index in [0.29, 0.717) is 16.2 Å². The second-order valence-electron chi connectivity index (χ2n) is 4.71. The Bertz CT molecular complexity index is 848. The van der Waals surface area contributed by atoms with Gasteiger partial charge >= 0.3 is 6.18 Å². The van der Waals surface area contributed by atoms with E-state index in [2.05, 4.69) is 9.97 Å². The Morgan fingerprint density at radius 3 is 2.74 bits per heavy atom. The van der Waals surface area contributed by atoms with Crippen molar-refractivity contribution in [2.45, 2.75) is 18.0 Å². The minimum Gasteiger partial charge on any atom is -0.611 e. The number of pyridine rings is 1. The number of rotatable bonds is 3. The predicted molar refractivity (Wildman–Crippen MR) is 79.2 cm³/mol. The van der Waals surface area contributed by atoms with Gasteiger partial charge in [-0.1, -0.05) is 0 Å². The number of aromatic nitrogens is 2. The van der Waals surface area contributed by atoms with Gasteiger partial charge in [-0.2, -0.15) is 13.2 Å². The summed E-state index contributed by atoms with van der Waals surface area (Å²) in [6.07, 6.45) is -1.51. The maximum absolute atomic E-state index is 12.8. The molecule has 0 radical (unpaired) electrons. The van der Waals surface area contributed by atoms with Gasteiger partial charge in [0, 0.05) is 6.20 Å². The normalized spacial score (nSPS) is 13.4. The highest BCUT2D eigenvalue weighted by atomic mass is 32.2. The Labute approximate surface area is 132 Å². The summed E-state index contributed by atoms with van der Waals surface area (Å²) in [5, 5.41) is 0. The lowest BCUT2D eigenvalue weighted by molar-refractivity contribution is -0.137. The Kier molecular flexibility index (Phi) is 4.03. The van der Waals surface area contributed by atoms with E-state index in [4.69, 9.17) is 4.42 Å². The zero-order valence-corrected chi connectivity index (χ0v) is 12.7. The summed E-state index contributed by atoms with van der Waals surface area (Å²) < 4.78 is 55.8. The molecule has 0 saturated carbocycles. The van der Waals surface area contributed by atoms with Crippen LogP contribution in [0.4, 0.5) is 13.2 Å². The molecule has 2 aromatic heterocycles. The maximum atomic E-state index is 12.8. The number of benzene rings is 1. The summed E-state index contributed by atoms with van der Waals surface area (Å²) in [5.74, 6) is 0.510. The molecule has 23 heavy (non-hydrogen) atoms. The summed E-state index contributed by atoms with van der Waals surface area (Å²) in [4.78, 5) is 8.48. The van der Waals surface area contributed by atoms with Crippen molar-refractivity contribution in [1.82, 2.24) is 9.97 Å². The Morgan fingerprint density at radius 1 is 1.26 bits per heavy atom. The Morgan fingerprint density at radius 2 is 2.04 bits per heavy atom. The zero-order chi connectivity index (χ0) is 16.6. The molecule has 3 rings (SSSR count). The van der Waals surface area contributed by atoms with Crippen LogP contribution < -0.4 is 0 Å². The van der Waals surface area contributed by atoms with Crippen LogP contribution in [0.2, 0.25) is 0 Å². The predicted octanol–water partition coefficient (Wildman–Crippen LogP) is 4.04. The molecule has 1 unspecified atom stereocenters. The summed E-state index contributed by atoms with van der Waals surface area (Å²) in [6, 6.07) is 4.68. The highest BCUT2D eigenvalue weighted by Crippen LogP contribution is 2.34. The van der Waals surface area contributed by atoms with Crippen molar-refractivity contribution in [3.05, 3.63) is 42.2 Å². The third-order valence-corrected chi connectivity index (χ3v) is 4.58. The number of halogens is 3. The Hall–Kier alpha value is -2.06. The highest BCUT2D eigenvalue weighted by Gasteiger charge is 2.31. The van der Waals surface area contributed by atoms with Gasteiger partial charge in [0.25, 0.3) is 0 Å². The molecule has 0 N–H and O–H groups in total. The van der Waals surface area contributed by atoms with Gasteiger partial charge in [-0.15, -0.1) is 0 Å². The van der Waals surface area contributed by atoms with E-state index < -0.39 is 22.9 Å². The molecule has 0 spiro atoms. The monoisotopic (exact) mass is 340 g/mol. The van der Waals surface area contributed by atoms with E-state index in [1.807, 2.05) is 0 Å². The maximum Gasteiger partial charge on any atom is 0.416 e. The molecule has 0 saturated heterocycles. The molecule has 1 aromatic carbocycles. The molecule has 3 aromatic rings. The van der Waals surface area contributed by atoms with Gasteiger partial charge in [0.05, 0.1) is 17.3 Å². The molecule has 1 atom stereocenters. The largest absolute Gasteiger partial charge is 0.611 e. The van der Waals surface area contributed by atoms with Gasteiger partial charge in [0.15, 0.2) is 10.5 Å². The number of hydrogen-bond donors (Lipinski definition) is 0. The van der Waals surface area contributed by atoms with Crippen LogP contribution in [0.1, 0.15) is 12.5 Å². The van der Waals surface area contributed by atoms with Gasteiger partial charge in [0.1, 0.15) is 11.3 Å². The standard InChI is InChI=1S/C15H11F3N2O2S/c1-2-23(21)13-8-19-6-5-10(13)14-20-11-7-9(15(16,17)18)3-4-12(11)22-14/h3-8H,2H2,1H3. The van der Waals surface area contributed by atoms with E-state index in [1.165, 1.54) is 18.5 Å². The molecular formula is C15H11F3N2O2S. The van der Waals surface area contributed by atoms with Crippen LogP contribution in [0, 0.1) is 0 Å². The number of alkyl halides is 3. The van der Waals surface area contributed by atoms with Crippen LogP contribution >= 0.6 is 0 Å². The second kappa shape index (κ2) is 5.86. The smallest absolute Gasteiger partial charge is 0.416 e. The molecule has 0 aliphatic rings. The third-order valence-electron chi connectivity index (χ3n) is 3.24. The lowest BCUT2D eigenvalue weighted by Gasteiger charge is -2.09. The molecule has 0 bridgehead atoms. The fraction of sp³-hybridized carbons (Fsp3) is 0.200. The number of oxazole rings is 1. The van der Waals surface area contributed by atoms with Crippen LogP contribution in [0.5, 0.6) is 0 Å². The fourth-order valence-corrected chi connectivity index (χ4v) is 3.00. The molecule has 0 aliphatic heterocycles. The fourth-order valence-electron chi connectivity index (χ4n) is 2.11. The van der Waals surface area contributed by atoms with Gasteiger partial charge in [-0.25, -0.2) is 4.98 Å². The molecule has 8 heteroatoms. The zero-order valence-electron chi connectivity index (χ0n) is 11.9. The quantitative estimate of drug-likeness (QED) is 0.675. The molecule has 0 amide bonds. The first-order valence-electron chi connectivity index (χ1n) is 6.70. The summed E-state index contributed by atoms with van der Waals surface area (Å²) in [7, 11) is 0. The minimum atomic E-state index is -4.45. The average Bonchev–Trinajstić information content (AvgIpc) is 2.96. The van der Waals surface area contributed by atoms with Crippen molar-refractivity contribution in [3.8, 4) is 11.5 Å². The van der Waals surface area contributed by atoms with E-state index in [0.717, 1.165) is 12.1 Å². The molecule has 0 aliphatic carbocycles. The Balaban J connectivity index is 2.12. The average molecular weight is 340 g/mol. The summed E-state index contributed by atoms with van der Waals surface area (Å²) in [5.41, 5.74) is -0.000195. The number of fused-ring (bicyclic) bond motifs is 1. The van der Waals surface area contributed by atoms with Gasteiger partial charge in [0.2, 0.25) is 5.89 Å². The first kappa shape index (κ1) is 15.8.